The number of benzene rings is 1. The molecule has 5 heteroatoms. The third-order valence-corrected chi connectivity index (χ3v) is 3.25. The topological polar surface area (TPSA) is 18.5 Å². The highest BCUT2D eigenvalue weighted by molar-refractivity contribution is 5.13. The van der Waals surface area contributed by atoms with Crippen molar-refractivity contribution in [2.75, 3.05) is 13.2 Å². The van der Waals surface area contributed by atoms with Crippen molar-refractivity contribution in [3.63, 3.8) is 0 Å². The van der Waals surface area contributed by atoms with Crippen molar-refractivity contribution in [2.45, 2.75) is 31.7 Å². The molecule has 0 spiro atoms. The zero-order valence-corrected chi connectivity index (χ0v) is 10.5. The third-order valence-electron chi connectivity index (χ3n) is 3.25. The third kappa shape index (κ3) is 4.51. The van der Waals surface area contributed by atoms with Crippen molar-refractivity contribution in [3.05, 3.63) is 35.9 Å². The molecule has 106 valence electrons. The Hall–Kier alpha value is -1.07. The average Bonchev–Trinajstić information content (AvgIpc) is 2.39. The van der Waals surface area contributed by atoms with E-state index in [2.05, 4.69) is 0 Å². The molecule has 1 aromatic rings. The van der Waals surface area contributed by atoms with Gasteiger partial charge in [0.25, 0.3) is 0 Å². The molecule has 0 aliphatic carbocycles. The molecule has 0 radical (unpaired) electrons. The van der Waals surface area contributed by atoms with Crippen LogP contribution in [0.15, 0.2) is 30.3 Å². The minimum Gasteiger partial charge on any atom is -0.375 e. The maximum Gasteiger partial charge on any atom is 0.394 e. The normalized spacial score (nSPS) is 24.4. The number of ether oxygens (including phenoxy) is 2. The van der Waals surface area contributed by atoms with Crippen molar-refractivity contribution in [1.29, 1.82) is 0 Å². The zero-order chi connectivity index (χ0) is 13.7. The molecule has 1 aliphatic rings. The minimum atomic E-state index is -4.14. The monoisotopic (exact) mass is 274 g/mol. The van der Waals surface area contributed by atoms with E-state index in [0.717, 1.165) is 5.56 Å². The van der Waals surface area contributed by atoms with Gasteiger partial charge in [-0.25, -0.2) is 0 Å². The van der Waals surface area contributed by atoms with Crippen LogP contribution in [0, 0.1) is 5.92 Å². The number of alkyl halides is 3. The fraction of sp³-hybridized carbons (Fsp3) is 0.571. The molecule has 19 heavy (non-hydrogen) atoms. The van der Waals surface area contributed by atoms with Crippen LogP contribution in [0.2, 0.25) is 0 Å². The maximum absolute atomic E-state index is 12.4. The maximum atomic E-state index is 12.4. The van der Waals surface area contributed by atoms with E-state index in [9.17, 15) is 13.2 Å². The lowest BCUT2D eigenvalue weighted by molar-refractivity contribution is -0.211. The first kappa shape index (κ1) is 14.3. The molecule has 0 aromatic heterocycles. The van der Waals surface area contributed by atoms with Crippen LogP contribution in [0.4, 0.5) is 13.2 Å². The van der Waals surface area contributed by atoms with Crippen LogP contribution in [0.25, 0.3) is 0 Å². The Bertz CT molecular complexity index is 370. The van der Waals surface area contributed by atoms with E-state index in [-0.39, 0.29) is 19.1 Å². The molecule has 0 amide bonds. The Morgan fingerprint density at radius 2 is 1.89 bits per heavy atom. The van der Waals surface area contributed by atoms with Crippen LogP contribution in [0.1, 0.15) is 18.4 Å². The molecule has 2 nitrogen and oxygen atoms in total. The molecular formula is C14H17F3O2. The fourth-order valence-corrected chi connectivity index (χ4v) is 2.08. The predicted octanol–water partition coefficient (Wildman–Crippen LogP) is 3.56. The lowest BCUT2D eigenvalue weighted by atomic mass is 9.98. The molecule has 0 unspecified atom stereocenters. The predicted molar refractivity (Wildman–Crippen MR) is 64.6 cm³/mol. The summed E-state index contributed by atoms with van der Waals surface area (Å²) in [6, 6.07) is 9.65. The molecular weight excluding hydrogens is 257 g/mol. The quantitative estimate of drug-likeness (QED) is 0.835. The summed E-state index contributed by atoms with van der Waals surface area (Å²) in [5, 5.41) is 0. The first-order valence-electron chi connectivity index (χ1n) is 6.35. The van der Waals surface area contributed by atoms with Crippen LogP contribution in [-0.4, -0.2) is 25.5 Å². The van der Waals surface area contributed by atoms with Gasteiger partial charge in [-0.1, -0.05) is 30.3 Å². The molecule has 2 rings (SSSR count). The molecule has 1 saturated heterocycles. The molecule has 1 aromatic carbocycles. The second-order valence-electron chi connectivity index (χ2n) is 4.77. The Kier molecular flexibility index (Phi) is 4.82. The van der Waals surface area contributed by atoms with E-state index < -0.39 is 12.1 Å². The van der Waals surface area contributed by atoms with Gasteiger partial charge in [-0.2, -0.15) is 13.2 Å². The Labute approximate surface area is 110 Å². The van der Waals surface area contributed by atoms with Crippen LogP contribution in [0.5, 0.6) is 0 Å². The largest absolute Gasteiger partial charge is 0.394 e. The second-order valence-corrected chi connectivity index (χ2v) is 4.77. The van der Waals surface area contributed by atoms with Crippen LogP contribution < -0.4 is 0 Å². The van der Waals surface area contributed by atoms with Crippen LogP contribution in [-0.2, 0) is 16.1 Å². The second kappa shape index (κ2) is 6.39. The van der Waals surface area contributed by atoms with Crippen molar-refractivity contribution in [2.24, 2.45) is 5.92 Å². The van der Waals surface area contributed by atoms with Crippen molar-refractivity contribution in [3.8, 4) is 0 Å². The fourth-order valence-electron chi connectivity index (χ4n) is 2.08. The first-order chi connectivity index (χ1) is 9.05. The lowest BCUT2D eigenvalue weighted by Crippen LogP contribution is -2.36. The number of hydrogen-bond donors (Lipinski definition) is 0. The summed E-state index contributed by atoms with van der Waals surface area (Å²) >= 11 is 0. The van der Waals surface area contributed by atoms with Crippen molar-refractivity contribution >= 4 is 0 Å². The standard InChI is InChI=1S/C14H17F3O2/c15-14(16,17)12-6-7-13(19-9-12)10-18-8-11-4-2-1-3-5-11/h1-5,12-13H,6-10H2/t12-,13+/m1/s1. The van der Waals surface area contributed by atoms with Gasteiger partial charge in [-0.15, -0.1) is 0 Å². The molecule has 1 fully saturated rings. The van der Waals surface area contributed by atoms with Gasteiger partial charge in [0.15, 0.2) is 0 Å². The summed E-state index contributed by atoms with van der Waals surface area (Å²) in [5.41, 5.74) is 1.05. The highest BCUT2D eigenvalue weighted by Gasteiger charge is 2.42. The molecule has 0 saturated carbocycles. The number of hydrogen-bond acceptors (Lipinski definition) is 2. The van der Waals surface area contributed by atoms with Crippen molar-refractivity contribution < 1.29 is 22.6 Å². The van der Waals surface area contributed by atoms with Crippen molar-refractivity contribution in [1.82, 2.24) is 0 Å². The summed E-state index contributed by atoms with van der Waals surface area (Å²) in [5.74, 6) is -1.32. The average molecular weight is 274 g/mol. The summed E-state index contributed by atoms with van der Waals surface area (Å²) in [7, 11) is 0. The van der Waals surface area contributed by atoms with Gasteiger partial charge in [-0.3, -0.25) is 0 Å². The van der Waals surface area contributed by atoms with Gasteiger partial charge in [0.2, 0.25) is 0 Å². The SMILES string of the molecule is FC(F)(F)[C@@H]1CC[C@@H](COCc2ccccc2)OC1. The summed E-state index contributed by atoms with van der Waals surface area (Å²) in [4.78, 5) is 0. The highest BCUT2D eigenvalue weighted by Crippen LogP contribution is 2.33. The van der Waals surface area contributed by atoms with Crippen LogP contribution >= 0.6 is 0 Å². The molecule has 0 bridgehead atoms. The summed E-state index contributed by atoms with van der Waals surface area (Å²) in [6.07, 6.45) is -3.83. The van der Waals surface area contributed by atoms with Gasteiger partial charge >= 0.3 is 6.18 Å². The number of rotatable bonds is 4. The zero-order valence-electron chi connectivity index (χ0n) is 10.5. The van der Waals surface area contributed by atoms with E-state index >= 15 is 0 Å². The summed E-state index contributed by atoms with van der Waals surface area (Å²) < 4.78 is 48.0. The van der Waals surface area contributed by atoms with Gasteiger partial charge in [0, 0.05) is 0 Å². The smallest absolute Gasteiger partial charge is 0.375 e. The molecule has 2 atom stereocenters. The van der Waals surface area contributed by atoms with Gasteiger partial charge in [0.05, 0.1) is 31.8 Å². The van der Waals surface area contributed by atoms with E-state index in [1.54, 1.807) is 0 Å². The Morgan fingerprint density at radius 1 is 1.16 bits per heavy atom. The highest BCUT2D eigenvalue weighted by atomic mass is 19.4. The minimum absolute atomic E-state index is 0.128. The van der Waals surface area contributed by atoms with E-state index in [1.165, 1.54) is 0 Å². The van der Waals surface area contributed by atoms with E-state index in [4.69, 9.17) is 9.47 Å². The van der Waals surface area contributed by atoms with E-state index in [0.29, 0.717) is 19.6 Å². The van der Waals surface area contributed by atoms with Gasteiger partial charge < -0.3 is 9.47 Å². The van der Waals surface area contributed by atoms with E-state index in [1.807, 2.05) is 30.3 Å². The molecule has 1 heterocycles. The van der Waals surface area contributed by atoms with Gasteiger partial charge in [-0.05, 0) is 18.4 Å². The molecule has 0 N–H and O–H groups in total. The van der Waals surface area contributed by atoms with Gasteiger partial charge in [0.1, 0.15) is 0 Å². The first-order valence-corrected chi connectivity index (χ1v) is 6.35. The number of halogens is 3. The Morgan fingerprint density at radius 3 is 2.47 bits per heavy atom. The van der Waals surface area contributed by atoms with Crippen LogP contribution in [0.3, 0.4) is 0 Å². The summed E-state index contributed by atoms with van der Waals surface area (Å²) in [6.45, 7) is 0.561. The molecule has 1 aliphatic heterocycles. The lowest BCUT2D eigenvalue weighted by Gasteiger charge is -2.30. The Balaban J connectivity index is 1.66.